The zero-order chi connectivity index (χ0) is 15.5. The van der Waals surface area contributed by atoms with E-state index in [1.165, 1.54) is 0 Å². The summed E-state index contributed by atoms with van der Waals surface area (Å²) in [5.41, 5.74) is 1.72. The number of rotatable bonds is 5. The van der Waals surface area contributed by atoms with E-state index in [0.29, 0.717) is 0 Å². The van der Waals surface area contributed by atoms with E-state index < -0.39 is 0 Å². The first-order valence-corrected chi connectivity index (χ1v) is 8.04. The topological polar surface area (TPSA) is 45.2 Å². The maximum absolute atomic E-state index is 12.8. The van der Waals surface area contributed by atoms with E-state index in [1.54, 1.807) is 0 Å². The first-order chi connectivity index (χ1) is 9.97. The van der Waals surface area contributed by atoms with Gasteiger partial charge in [0.2, 0.25) is 0 Å². The van der Waals surface area contributed by atoms with Gasteiger partial charge in [0.15, 0.2) is 0 Å². The van der Waals surface area contributed by atoms with E-state index in [4.69, 9.17) is 0 Å². The summed E-state index contributed by atoms with van der Waals surface area (Å²) in [5, 5.41) is 3.23. The first-order valence-electron chi connectivity index (χ1n) is 8.04. The predicted octanol–water partition coefficient (Wildman–Crippen LogP) is 3.48. The van der Waals surface area contributed by atoms with E-state index in [-0.39, 0.29) is 11.4 Å². The second-order valence-corrected chi connectivity index (χ2v) is 6.39. The summed E-state index contributed by atoms with van der Waals surface area (Å²) < 4.78 is 0. The van der Waals surface area contributed by atoms with Gasteiger partial charge in [-0.3, -0.25) is 4.79 Å². The third-order valence-electron chi connectivity index (χ3n) is 4.14. The molecule has 1 fully saturated rings. The third-order valence-corrected chi connectivity index (χ3v) is 4.14. The Morgan fingerprint density at radius 3 is 2.71 bits per heavy atom. The van der Waals surface area contributed by atoms with Crippen LogP contribution in [0.15, 0.2) is 12.1 Å². The number of nitrogens with zero attached hydrogens (tertiary/aromatic N) is 2. The Morgan fingerprint density at radius 1 is 1.38 bits per heavy atom. The Labute approximate surface area is 127 Å². The molecule has 1 saturated heterocycles. The molecule has 0 unspecified atom stereocenters. The number of pyridine rings is 1. The molecule has 2 heterocycles. The largest absolute Gasteiger partial charge is 0.370 e. The van der Waals surface area contributed by atoms with Crippen LogP contribution in [0, 0.1) is 0 Å². The quantitative estimate of drug-likeness (QED) is 0.902. The van der Waals surface area contributed by atoms with Crippen LogP contribution < -0.4 is 5.32 Å². The molecule has 0 aromatic carbocycles. The van der Waals surface area contributed by atoms with E-state index in [0.717, 1.165) is 55.8 Å². The van der Waals surface area contributed by atoms with Gasteiger partial charge in [-0.2, -0.15) is 0 Å². The zero-order valence-electron chi connectivity index (χ0n) is 13.7. The van der Waals surface area contributed by atoms with E-state index >= 15 is 0 Å². The minimum absolute atomic E-state index is 0.0381. The number of carbonyl (C=O) groups excluding carboxylic acids is 1. The molecule has 1 amide bonds. The average Bonchev–Trinajstić information content (AvgIpc) is 2.78. The number of carbonyl (C=O) groups is 1. The molecule has 0 bridgehead atoms. The van der Waals surface area contributed by atoms with E-state index in [1.807, 2.05) is 24.0 Å². The van der Waals surface area contributed by atoms with Gasteiger partial charge in [0, 0.05) is 29.9 Å². The average molecular weight is 289 g/mol. The molecule has 1 aromatic rings. The molecule has 1 N–H and O–H groups in total. The van der Waals surface area contributed by atoms with Gasteiger partial charge in [0.05, 0.1) is 0 Å². The molecule has 0 saturated carbocycles. The van der Waals surface area contributed by atoms with Crippen molar-refractivity contribution in [3.63, 3.8) is 0 Å². The molecule has 1 aromatic heterocycles. The van der Waals surface area contributed by atoms with E-state index in [2.05, 4.69) is 31.1 Å². The van der Waals surface area contributed by atoms with Crippen LogP contribution in [0.2, 0.25) is 0 Å². The van der Waals surface area contributed by atoms with Gasteiger partial charge in [-0.15, -0.1) is 0 Å². The van der Waals surface area contributed by atoms with Crippen molar-refractivity contribution in [2.24, 2.45) is 0 Å². The van der Waals surface area contributed by atoms with Gasteiger partial charge >= 0.3 is 0 Å². The smallest absolute Gasteiger partial charge is 0.254 e. The van der Waals surface area contributed by atoms with E-state index in [9.17, 15) is 4.79 Å². The Kier molecular flexibility index (Phi) is 4.86. The van der Waals surface area contributed by atoms with Crippen LogP contribution in [0.1, 0.15) is 63.0 Å². The highest BCUT2D eigenvalue weighted by molar-refractivity contribution is 5.95. The molecule has 0 atom stereocenters. The Bertz CT molecular complexity index is 487. The van der Waals surface area contributed by atoms with Crippen molar-refractivity contribution in [1.82, 2.24) is 9.88 Å². The van der Waals surface area contributed by atoms with Crippen molar-refractivity contribution >= 4 is 11.7 Å². The number of nitrogens with one attached hydrogen (secondary N) is 1. The molecule has 4 nitrogen and oxygen atoms in total. The minimum Gasteiger partial charge on any atom is -0.370 e. The van der Waals surface area contributed by atoms with Gasteiger partial charge in [0.1, 0.15) is 5.82 Å². The maximum atomic E-state index is 12.8. The number of amides is 1. The zero-order valence-corrected chi connectivity index (χ0v) is 13.7. The molecule has 2 rings (SSSR count). The fraction of sp³-hybridized carbons (Fsp3) is 0.647. The second-order valence-electron chi connectivity index (χ2n) is 6.39. The molecule has 1 aliphatic heterocycles. The lowest BCUT2D eigenvalue weighted by molar-refractivity contribution is 0.0652. The van der Waals surface area contributed by atoms with Crippen molar-refractivity contribution in [3.8, 4) is 0 Å². The molecule has 0 radical (unpaired) electrons. The number of likely N-dealkylation sites (tertiary alicyclic amines) is 1. The maximum Gasteiger partial charge on any atom is 0.254 e. The van der Waals surface area contributed by atoms with Crippen LogP contribution in [0.3, 0.4) is 0 Å². The van der Waals surface area contributed by atoms with Crippen molar-refractivity contribution in [2.45, 2.75) is 58.9 Å². The lowest BCUT2D eigenvalue weighted by Crippen LogP contribution is -2.42. The van der Waals surface area contributed by atoms with Crippen molar-refractivity contribution < 1.29 is 4.79 Å². The monoisotopic (exact) mass is 289 g/mol. The number of aryl methyl sites for hydroxylation is 1. The van der Waals surface area contributed by atoms with Crippen molar-refractivity contribution in [3.05, 3.63) is 23.4 Å². The van der Waals surface area contributed by atoms with Crippen LogP contribution in [0.4, 0.5) is 5.82 Å². The second kappa shape index (κ2) is 6.46. The summed E-state index contributed by atoms with van der Waals surface area (Å²) in [6.07, 6.45) is 4.10. The fourth-order valence-electron chi connectivity index (χ4n) is 3.01. The fourth-order valence-corrected chi connectivity index (χ4v) is 3.01. The number of hydrogen-bond donors (Lipinski definition) is 1. The van der Waals surface area contributed by atoms with Gasteiger partial charge in [-0.25, -0.2) is 4.98 Å². The van der Waals surface area contributed by atoms with Crippen LogP contribution in [0.25, 0.3) is 0 Å². The van der Waals surface area contributed by atoms with Crippen molar-refractivity contribution in [2.75, 3.05) is 18.4 Å². The van der Waals surface area contributed by atoms with Crippen LogP contribution in [-0.2, 0) is 6.42 Å². The Hall–Kier alpha value is -1.58. The standard InChI is InChI=1S/C17H27N3O/c1-5-8-14-11-13(12-15(19-14)18-6-2)16(21)20-10-7-9-17(20,3)4/h11-12H,5-10H2,1-4H3,(H,18,19). The number of anilines is 1. The van der Waals surface area contributed by atoms with Gasteiger partial charge < -0.3 is 10.2 Å². The number of aromatic nitrogens is 1. The van der Waals surface area contributed by atoms with Crippen LogP contribution >= 0.6 is 0 Å². The highest BCUT2D eigenvalue weighted by atomic mass is 16.2. The molecule has 116 valence electrons. The highest BCUT2D eigenvalue weighted by Crippen LogP contribution is 2.30. The summed E-state index contributed by atoms with van der Waals surface area (Å²) in [6, 6.07) is 3.85. The molecular weight excluding hydrogens is 262 g/mol. The molecule has 1 aliphatic rings. The Morgan fingerprint density at radius 2 is 2.14 bits per heavy atom. The molecule has 21 heavy (non-hydrogen) atoms. The lowest BCUT2D eigenvalue weighted by Gasteiger charge is -2.31. The predicted molar refractivity (Wildman–Crippen MR) is 86.7 cm³/mol. The minimum atomic E-state index is -0.0381. The molecule has 4 heteroatoms. The van der Waals surface area contributed by atoms with Gasteiger partial charge in [0.25, 0.3) is 5.91 Å². The summed E-state index contributed by atoms with van der Waals surface area (Å²) in [5.74, 6) is 0.945. The summed E-state index contributed by atoms with van der Waals surface area (Å²) in [7, 11) is 0. The van der Waals surface area contributed by atoms with Crippen LogP contribution in [0.5, 0.6) is 0 Å². The third kappa shape index (κ3) is 3.55. The first kappa shape index (κ1) is 15.8. The highest BCUT2D eigenvalue weighted by Gasteiger charge is 2.35. The Balaban J connectivity index is 2.31. The number of hydrogen-bond acceptors (Lipinski definition) is 3. The lowest BCUT2D eigenvalue weighted by atomic mass is 10.0. The molecular formula is C17H27N3O. The van der Waals surface area contributed by atoms with Gasteiger partial charge in [-0.05, 0) is 52.2 Å². The molecule has 0 spiro atoms. The molecule has 0 aliphatic carbocycles. The SMILES string of the molecule is CCCc1cc(C(=O)N2CCCC2(C)C)cc(NCC)n1. The summed E-state index contributed by atoms with van der Waals surface area (Å²) in [6.45, 7) is 10.1. The summed E-state index contributed by atoms with van der Waals surface area (Å²) >= 11 is 0. The van der Waals surface area contributed by atoms with Crippen molar-refractivity contribution in [1.29, 1.82) is 0 Å². The van der Waals surface area contributed by atoms with Gasteiger partial charge in [-0.1, -0.05) is 13.3 Å². The normalized spacial score (nSPS) is 17.0. The summed E-state index contributed by atoms with van der Waals surface area (Å²) in [4.78, 5) is 19.4. The van der Waals surface area contributed by atoms with Crippen LogP contribution in [-0.4, -0.2) is 34.4 Å².